The number of esters is 1. The Hall–Kier alpha value is -1.55. The lowest BCUT2D eigenvalue weighted by Crippen LogP contribution is -2.58. The molecule has 1 aliphatic rings. The van der Waals surface area contributed by atoms with Crippen LogP contribution in [0.25, 0.3) is 0 Å². The average Bonchev–Trinajstić information content (AvgIpc) is 3.29. The molecular weight excluding hydrogens is 252 g/mol. The van der Waals surface area contributed by atoms with Crippen molar-refractivity contribution in [2.24, 2.45) is 11.7 Å². The molecule has 0 spiro atoms. The molecule has 1 atom stereocenters. The zero-order chi connectivity index (χ0) is 14.8. The Morgan fingerprint density at radius 3 is 2.45 bits per heavy atom. The third-order valence-corrected chi connectivity index (χ3v) is 4.10. The highest BCUT2D eigenvalue weighted by molar-refractivity contribution is 5.82. The number of likely N-dealkylation sites (N-methyl/N-ethyl adjacent to an activating group) is 1. The molecule has 0 radical (unpaired) electrons. The van der Waals surface area contributed by atoms with Gasteiger partial charge in [-0.15, -0.1) is 0 Å². The van der Waals surface area contributed by atoms with E-state index in [9.17, 15) is 4.79 Å². The summed E-state index contributed by atoms with van der Waals surface area (Å²) < 4.78 is 4.93. The molecule has 20 heavy (non-hydrogen) atoms. The maximum Gasteiger partial charge on any atom is 0.327 e. The number of nitrogens with zero attached hydrogens (tertiary/aromatic N) is 1. The van der Waals surface area contributed by atoms with Crippen LogP contribution in [0.3, 0.4) is 0 Å². The van der Waals surface area contributed by atoms with Crippen molar-refractivity contribution in [1.29, 1.82) is 0 Å². The van der Waals surface area contributed by atoms with Gasteiger partial charge in [-0.1, -0.05) is 17.7 Å². The molecule has 1 saturated carbocycles. The molecule has 1 unspecified atom stereocenters. The fourth-order valence-corrected chi connectivity index (χ4v) is 2.61. The summed E-state index contributed by atoms with van der Waals surface area (Å²) in [6, 6.07) is 8.30. The molecule has 2 rings (SSSR count). The second-order valence-electron chi connectivity index (χ2n) is 5.66. The van der Waals surface area contributed by atoms with Gasteiger partial charge in [0.1, 0.15) is 5.54 Å². The normalized spacial score (nSPS) is 17.4. The number of carbonyl (C=O) groups is 1. The first-order valence-electron chi connectivity index (χ1n) is 7.20. The van der Waals surface area contributed by atoms with Gasteiger partial charge in [-0.2, -0.15) is 0 Å². The number of nitrogens with two attached hydrogens (primary N) is 1. The molecular formula is C16H24N2O2. The van der Waals surface area contributed by atoms with E-state index in [4.69, 9.17) is 10.5 Å². The Morgan fingerprint density at radius 1 is 1.40 bits per heavy atom. The van der Waals surface area contributed by atoms with E-state index in [1.54, 1.807) is 0 Å². The van der Waals surface area contributed by atoms with Crippen LogP contribution in [0.5, 0.6) is 0 Å². The lowest BCUT2D eigenvalue weighted by molar-refractivity contribution is -0.147. The van der Waals surface area contributed by atoms with Crippen LogP contribution in [-0.2, 0) is 9.53 Å². The van der Waals surface area contributed by atoms with Crippen molar-refractivity contribution in [3.05, 3.63) is 29.8 Å². The van der Waals surface area contributed by atoms with Crippen molar-refractivity contribution < 1.29 is 9.53 Å². The molecule has 4 heteroatoms. The van der Waals surface area contributed by atoms with Gasteiger partial charge in [0.05, 0.1) is 7.11 Å². The molecule has 1 fully saturated rings. The molecule has 1 aliphatic carbocycles. The third kappa shape index (κ3) is 2.96. The zero-order valence-corrected chi connectivity index (χ0v) is 12.6. The summed E-state index contributed by atoms with van der Waals surface area (Å²) in [7, 11) is 1.41. The summed E-state index contributed by atoms with van der Waals surface area (Å²) in [6.07, 6.45) is 2.02. The summed E-state index contributed by atoms with van der Waals surface area (Å²) in [4.78, 5) is 14.2. The van der Waals surface area contributed by atoms with E-state index in [0.717, 1.165) is 25.1 Å². The van der Waals surface area contributed by atoms with Gasteiger partial charge in [-0.05, 0) is 44.7 Å². The van der Waals surface area contributed by atoms with E-state index in [0.29, 0.717) is 6.54 Å². The second-order valence-corrected chi connectivity index (χ2v) is 5.66. The van der Waals surface area contributed by atoms with E-state index in [1.165, 1.54) is 12.7 Å². The molecule has 0 aliphatic heterocycles. The second kappa shape index (κ2) is 5.83. The number of carbonyl (C=O) groups excluding carboxylic acids is 1. The van der Waals surface area contributed by atoms with Gasteiger partial charge in [0.2, 0.25) is 0 Å². The molecule has 0 heterocycles. The number of hydrogen-bond acceptors (Lipinski definition) is 4. The van der Waals surface area contributed by atoms with Gasteiger partial charge in [0, 0.05) is 18.8 Å². The summed E-state index contributed by atoms with van der Waals surface area (Å²) >= 11 is 0. The van der Waals surface area contributed by atoms with E-state index in [2.05, 4.69) is 43.0 Å². The van der Waals surface area contributed by atoms with Crippen LogP contribution >= 0.6 is 0 Å². The van der Waals surface area contributed by atoms with Crippen LogP contribution in [0.1, 0.15) is 25.3 Å². The van der Waals surface area contributed by atoms with Crippen molar-refractivity contribution in [3.63, 3.8) is 0 Å². The molecule has 0 bridgehead atoms. The van der Waals surface area contributed by atoms with Gasteiger partial charge in [0.15, 0.2) is 0 Å². The standard InChI is InChI=1S/C16H24N2O2/c1-4-18(14-9-5-12(2)6-10-14)11-16(17,13-7-8-13)15(19)20-3/h5-6,9-10,13H,4,7-8,11,17H2,1-3H3. The highest BCUT2D eigenvalue weighted by Crippen LogP contribution is 2.40. The molecule has 4 nitrogen and oxygen atoms in total. The van der Waals surface area contributed by atoms with Crippen molar-refractivity contribution in [3.8, 4) is 0 Å². The van der Waals surface area contributed by atoms with Crippen LogP contribution < -0.4 is 10.6 Å². The molecule has 0 aromatic heterocycles. The largest absolute Gasteiger partial charge is 0.468 e. The minimum Gasteiger partial charge on any atom is -0.468 e. The van der Waals surface area contributed by atoms with Crippen molar-refractivity contribution in [2.45, 2.75) is 32.2 Å². The Bertz CT molecular complexity index is 468. The molecule has 0 saturated heterocycles. The first kappa shape index (κ1) is 14.9. The number of benzene rings is 1. The van der Waals surface area contributed by atoms with Gasteiger partial charge in [0.25, 0.3) is 0 Å². The Kier molecular flexibility index (Phi) is 4.33. The third-order valence-electron chi connectivity index (χ3n) is 4.10. The predicted octanol–water partition coefficient (Wildman–Crippen LogP) is 2.10. The Morgan fingerprint density at radius 2 is 2.00 bits per heavy atom. The smallest absolute Gasteiger partial charge is 0.327 e. The number of rotatable bonds is 6. The van der Waals surface area contributed by atoms with E-state index >= 15 is 0 Å². The summed E-state index contributed by atoms with van der Waals surface area (Å²) in [5, 5.41) is 0. The number of aryl methyl sites for hydroxylation is 1. The van der Waals surface area contributed by atoms with Crippen LogP contribution in [0, 0.1) is 12.8 Å². The lowest BCUT2D eigenvalue weighted by atomic mass is 9.93. The first-order chi connectivity index (χ1) is 9.51. The number of anilines is 1. The minimum atomic E-state index is -0.893. The molecule has 110 valence electrons. The average molecular weight is 276 g/mol. The van der Waals surface area contributed by atoms with Gasteiger partial charge >= 0.3 is 5.97 Å². The molecule has 2 N–H and O–H groups in total. The van der Waals surface area contributed by atoms with E-state index < -0.39 is 5.54 Å². The quantitative estimate of drug-likeness (QED) is 0.808. The Balaban J connectivity index is 2.19. The maximum absolute atomic E-state index is 12.1. The first-order valence-corrected chi connectivity index (χ1v) is 7.20. The lowest BCUT2D eigenvalue weighted by Gasteiger charge is -2.34. The fourth-order valence-electron chi connectivity index (χ4n) is 2.61. The number of methoxy groups -OCH3 is 1. The van der Waals surface area contributed by atoms with Crippen molar-refractivity contribution in [1.82, 2.24) is 0 Å². The summed E-state index contributed by atoms with van der Waals surface area (Å²) in [5.41, 5.74) is 7.81. The summed E-state index contributed by atoms with van der Waals surface area (Å²) in [5.74, 6) is -0.0555. The predicted molar refractivity (Wildman–Crippen MR) is 80.7 cm³/mol. The number of hydrogen-bond donors (Lipinski definition) is 1. The van der Waals surface area contributed by atoms with Crippen LogP contribution in [0.15, 0.2) is 24.3 Å². The van der Waals surface area contributed by atoms with Gasteiger partial charge in [-0.3, -0.25) is 0 Å². The topological polar surface area (TPSA) is 55.6 Å². The van der Waals surface area contributed by atoms with Crippen LogP contribution in [0.4, 0.5) is 5.69 Å². The summed E-state index contributed by atoms with van der Waals surface area (Å²) in [6.45, 7) is 5.45. The van der Waals surface area contributed by atoms with E-state index in [-0.39, 0.29) is 11.9 Å². The van der Waals surface area contributed by atoms with E-state index in [1.807, 2.05) is 0 Å². The van der Waals surface area contributed by atoms with Crippen LogP contribution in [0.2, 0.25) is 0 Å². The Labute approximate surface area is 120 Å². The molecule has 0 amide bonds. The van der Waals surface area contributed by atoms with Gasteiger partial charge in [-0.25, -0.2) is 4.79 Å². The molecule has 1 aromatic carbocycles. The van der Waals surface area contributed by atoms with Crippen LogP contribution in [-0.4, -0.2) is 31.7 Å². The molecule has 1 aromatic rings. The van der Waals surface area contributed by atoms with Crippen molar-refractivity contribution in [2.75, 3.05) is 25.1 Å². The zero-order valence-electron chi connectivity index (χ0n) is 12.6. The van der Waals surface area contributed by atoms with Gasteiger partial charge < -0.3 is 15.4 Å². The monoisotopic (exact) mass is 276 g/mol. The maximum atomic E-state index is 12.1. The number of ether oxygens (including phenoxy) is 1. The fraction of sp³-hybridized carbons (Fsp3) is 0.562. The highest BCUT2D eigenvalue weighted by atomic mass is 16.5. The SMILES string of the molecule is CCN(CC(N)(C(=O)OC)C1CC1)c1ccc(C)cc1. The minimum absolute atomic E-state index is 0.245. The highest BCUT2D eigenvalue weighted by Gasteiger charge is 2.49. The van der Waals surface area contributed by atoms with Crippen molar-refractivity contribution >= 4 is 11.7 Å².